The molecule has 19 N–H and O–H groups in total. The number of carbonyl (C=O) groups excluding carboxylic acids is 3. The van der Waals surface area contributed by atoms with Crippen LogP contribution in [0.4, 0.5) is 0 Å². The van der Waals surface area contributed by atoms with Gasteiger partial charge in [-0.15, -0.1) is 0 Å². The second-order valence-corrected chi connectivity index (χ2v) is 29.8. The molecule has 6 aliphatic heterocycles. The Hall–Kier alpha value is -2.75. The van der Waals surface area contributed by atoms with Crippen molar-refractivity contribution in [2.24, 2.45) is 29.6 Å². The maximum Gasteiger partial charge on any atom is 0.309 e. The molecule has 11 fully saturated rings. The molecule has 31 unspecified atom stereocenters. The molecule has 0 radical (unpaired) electrons. The first kappa shape index (κ1) is 79.3. The molecule has 6 saturated heterocycles. The Bertz CT molecular complexity index is 2600. The van der Waals surface area contributed by atoms with Crippen molar-refractivity contribution >= 4 is 17.9 Å². The molecule has 0 aromatic rings. The fourth-order valence-electron chi connectivity index (χ4n) is 16.3. The molecule has 6 heterocycles. The molecule has 0 aromatic heterocycles. The third-order valence-electron chi connectivity index (χ3n) is 22.9. The highest BCUT2D eigenvalue weighted by Crippen LogP contribution is 2.44. The molecule has 11 rings (SSSR count). The predicted octanol–water partition coefficient (Wildman–Crippen LogP) is -6.85. The van der Waals surface area contributed by atoms with E-state index in [1.807, 2.05) is 0 Å². The van der Waals surface area contributed by atoms with Gasteiger partial charge in [0.25, 0.3) is 0 Å². The standard InChI is InChI=1S/C66H106O35/c1-25-43(70)48(75)53(80)62(92-25)91-24-42-47(74)52(79)57(84)66(101-42)97-38-20-35-36(69)18-34(19-37(35)96-58(38)26-2-10-30(67)11-3-26)95-65-56(83)51(78)46(73)41(100-65)23-90-61(87)29-8-16-33(17-9-29)94-64-55(82)50(77)45(72)40(99-64)22-89-60(86)28-6-14-32(15-7-28)93-63-54(81)49(76)44(71)39(98-63)21-88-59(85)27-4-12-31(68)13-5-27/h25-58,62-84H,2-24H2,1H3/p+1. The molecule has 5 saturated carbocycles. The van der Waals surface area contributed by atoms with Gasteiger partial charge in [0, 0.05) is 18.8 Å². The first-order chi connectivity index (χ1) is 48.1. The minimum Gasteiger partial charge on any atom is -0.463 e. The summed E-state index contributed by atoms with van der Waals surface area (Å²) in [4.78, 5) is 39.6. The van der Waals surface area contributed by atoms with E-state index in [1.54, 1.807) is 0 Å². The Kier molecular flexibility index (Phi) is 27.5. The molecule has 0 spiro atoms. The van der Waals surface area contributed by atoms with Gasteiger partial charge in [-0.1, -0.05) is 0 Å². The van der Waals surface area contributed by atoms with E-state index in [9.17, 15) is 106 Å². The van der Waals surface area contributed by atoms with Crippen molar-refractivity contribution in [1.82, 2.24) is 0 Å². The smallest absolute Gasteiger partial charge is 0.309 e. The number of aliphatic hydroxyl groups excluding tert-OH is 18. The monoisotopic (exact) mass is 1460 g/mol. The second kappa shape index (κ2) is 35.1. The normalized spacial score (nSPS) is 50.1. The summed E-state index contributed by atoms with van der Waals surface area (Å²) in [6.45, 7) is -0.558. The Morgan fingerprint density at radius 3 is 1.11 bits per heavy atom. The summed E-state index contributed by atoms with van der Waals surface area (Å²) in [7, 11) is 0. The average Bonchev–Trinajstić information content (AvgIpc) is 0.770. The van der Waals surface area contributed by atoms with Gasteiger partial charge in [0.05, 0.1) is 73.0 Å². The van der Waals surface area contributed by atoms with Gasteiger partial charge in [-0.2, -0.15) is 0 Å². The number of carbonyl (C=O) groups is 3. The summed E-state index contributed by atoms with van der Waals surface area (Å²) >= 11 is 0. The van der Waals surface area contributed by atoms with Gasteiger partial charge in [-0.25, -0.2) is 0 Å². The Morgan fingerprint density at radius 2 is 0.693 bits per heavy atom. The van der Waals surface area contributed by atoms with Crippen molar-refractivity contribution < 1.29 is 173 Å². The first-order valence-electron chi connectivity index (χ1n) is 36.1. The molecule has 11 aliphatic rings. The summed E-state index contributed by atoms with van der Waals surface area (Å²) in [5.41, 5.74) is 0. The number of esters is 3. The molecule has 35 heteroatoms. The highest BCUT2D eigenvalue weighted by molar-refractivity contribution is 5.73. The zero-order valence-corrected chi connectivity index (χ0v) is 56.3. The van der Waals surface area contributed by atoms with Crippen molar-refractivity contribution in [3.8, 4) is 0 Å². The highest BCUT2D eigenvalue weighted by atomic mass is 16.8. The Morgan fingerprint density at radius 1 is 0.347 bits per heavy atom. The van der Waals surface area contributed by atoms with Gasteiger partial charge in [-0.05, 0) is 116 Å². The molecular formula is C66H107O35+. The van der Waals surface area contributed by atoms with Crippen LogP contribution >= 0.6 is 0 Å². The van der Waals surface area contributed by atoms with Crippen LogP contribution in [-0.4, -0.2) is 349 Å². The number of hydrogen-bond acceptors (Lipinski definition) is 34. The van der Waals surface area contributed by atoms with Crippen LogP contribution < -0.4 is 0 Å². The number of hydrogen-bond donors (Lipinski definition) is 18. The van der Waals surface area contributed by atoms with Crippen LogP contribution in [-0.2, 0) is 76.0 Å². The van der Waals surface area contributed by atoms with E-state index in [0.29, 0.717) is 64.2 Å². The fraction of sp³-hybridized carbons (Fsp3) is 0.955. The lowest BCUT2D eigenvalue weighted by Crippen LogP contribution is -2.64. The zero-order valence-electron chi connectivity index (χ0n) is 56.3. The average molecular weight is 1460 g/mol. The maximum atomic E-state index is 13.6. The van der Waals surface area contributed by atoms with Crippen molar-refractivity contribution in [2.45, 2.75) is 337 Å². The molecule has 0 aromatic carbocycles. The Labute approximate surface area is 582 Å². The third-order valence-corrected chi connectivity index (χ3v) is 22.9. The van der Waals surface area contributed by atoms with Gasteiger partial charge >= 0.3 is 17.9 Å². The minimum absolute atomic E-state index is 0.0197. The van der Waals surface area contributed by atoms with Crippen LogP contribution in [0.3, 0.4) is 0 Å². The van der Waals surface area contributed by atoms with E-state index in [0.717, 1.165) is 0 Å². The van der Waals surface area contributed by atoms with Crippen LogP contribution in [0.15, 0.2) is 0 Å². The molecule has 35 nitrogen and oxygen atoms in total. The number of ether oxygens (including phenoxy) is 14. The SMILES string of the molecule is CC1OC(OCC2OC(OC3CC4C(O)CC(OC5OC(COC(=O)C6CCC(OC7OC(COC(=O)C8CCC(OC9OC(COC(=O)C%10CCC(O)CC%10)C(O)C(O)C9O)CC8)C(O)C(O)C7O)CC6)C(O)C(O)C5O)CC4[OH+]C3C3CCC(O)CC3)C(O)C(O)C2O)C(O)C(O)C1O. The maximum absolute atomic E-state index is 13.6. The zero-order chi connectivity index (χ0) is 72.4. The van der Waals surface area contributed by atoms with Crippen LogP contribution in [0.5, 0.6) is 0 Å². The summed E-state index contributed by atoms with van der Waals surface area (Å²) in [5, 5.41) is 194. The summed E-state index contributed by atoms with van der Waals surface area (Å²) in [6, 6.07) is 0. The van der Waals surface area contributed by atoms with Crippen molar-refractivity contribution in [3.63, 3.8) is 0 Å². The van der Waals surface area contributed by atoms with Crippen LogP contribution in [0.2, 0.25) is 0 Å². The molecule has 101 heavy (non-hydrogen) atoms. The van der Waals surface area contributed by atoms with Crippen molar-refractivity contribution in [1.29, 1.82) is 0 Å². The van der Waals surface area contributed by atoms with Gasteiger partial charge in [0.15, 0.2) is 43.7 Å². The van der Waals surface area contributed by atoms with E-state index in [-0.39, 0.29) is 63.7 Å². The molecule has 580 valence electrons. The van der Waals surface area contributed by atoms with Crippen molar-refractivity contribution in [2.75, 3.05) is 26.4 Å². The Balaban J connectivity index is 0.609. The third kappa shape index (κ3) is 18.7. The summed E-state index contributed by atoms with van der Waals surface area (Å²) in [5.74, 6) is -4.27. The quantitative estimate of drug-likeness (QED) is 0.0288. The van der Waals surface area contributed by atoms with Gasteiger partial charge < -0.3 is 158 Å². The number of rotatable bonds is 21. The number of aliphatic hydroxyl groups is 20. The second-order valence-electron chi connectivity index (χ2n) is 29.8. The van der Waals surface area contributed by atoms with E-state index in [2.05, 4.69) is 0 Å². The van der Waals surface area contributed by atoms with E-state index < -0.39 is 276 Å². The fourth-order valence-corrected chi connectivity index (χ4v) is 16.3. The minimum atomic E-state index is -1.83. The summed E-state index contributed by atoms with van der Waals surface area (Å²) < 4.78 is 81.4. The van der Waals surface area contributed by atoms with Crippen molar-refractivity contribution in [3.05, 3.63) is 0 Å². The van der Waals surface area contributed by atoms with Gasteiger partial charge in [0.1, 0.15) is 142 Å². The lowest BCUT2D eigenvalue weighted by Gasteiger charge is -2.49. The van der Waals surface area contributed by atoms with E-state index in [1.165, 1.54) is 6.92 Å². The molecule has 5 aliphatic carbocycles. The lowest BCUT2D eigenvalue weighted by molar-refractivity contribution is -0.366. The van der Waals surface area contributed by atoms with E-state index >= 15 is 0 Å². The van der Waals surface area contributed by atoms with E-state index in [4.69, 9.17) is 66.3 Å². The summed E-state index contributed by atoms with van der Waals surface area (Å²) in [6.07, 6.45) is -39.1. The van der Waals surface area contributed by atoms with Gasteiger partial charge in [0.2, 0.25) is 0 Å². The predicted molar refractivity (Wildman–Crippen MR) is 330 cm³/mol. The highest BCUT2D eigenvalue weighted by Gasteiger charge is 2.57. The van der Waals surface area contributed by atoms with Gasteiger partial charge in [-0.3, -0.25) is 14.4 Å². The number of fused-ring (bicyclic) bond motifs is 1. The largest absolute Gasteiger partial charge is 0.463 e. The molecule has 0 amide bonds. The first-order valence-corrected chi connectivity index (χ1v) is 36.1. The van der Waals surface area contributed by atoms with Crippen LogP contribution in [0, 0.1) is 29.6 Å². The lowest BCUT2D eigenvalue weighted by atomic mass is 9.73. The van der Waals surface area contributed by atoms with Crippen LogP contribution in [0.1, 0.15) is 129 Å². The molecule has 0 bridgehead atoms. The van der Waals surface area contributed by atoms with Crippen LogP contribution in [0.25, 0.3) is 0 Å². The topological polar surface area (TPSA) is 548 Å². The molecular weight excluding hydrogens is 1350 g/mol. The molecule has 31 atom stereocenters.